The summed E-state index contributed by atoms with van der Waals surface area (Å²) in [5.74, 6) is -0.0127. The standard InChI is InChI=1S/C29H39N3O2/c1-2-3-4-5-6-7-8-13-28(33)30-25-16-17-27(26(20-25)29(34)31-24-14-15-24)32-19-18-22-11-9-10-12-23(22)21-32/h9-12,16-17,20,24H,2-8,13-15,18-19,21H2,1H3,(H,30,33)(H,31,34). The first-order valence-corrected chi connectivity index (χ1v) is 13.2. The third-order valence-corrected chi connectivity index (χ3v) is 6.92. The van der Waals surface area contributed by atoms with Gasteiger partial charge in [0.1, 0.15) is 0 Å². The van der Waals surface area contributed by atoms with Crippen molar-refractivity contribution in [2.75, 3.05) is 16.8 Å². The number of anilines is 2. The second-order valence-electron chi connectivity index (χ2n) is 9.84. The van der Waals surface area contributed by atoms with Gasteiger partial charge in [-0.3, -0.25) is 9.59 Å². The highest BCUT2D eigenvalue weighted by molar-refractivity contribution is 6.02. The van der Waals surface area contributed by atoms with E-state index in [9.17, 15) is 9.59 Å². The molecule has 2 aliphatic rings. The molecule has 1 saturated carbocycles. The summed E-state index contributed by atoms with van der Waals surface area (Å²) < 4.78 is 0. The lowest BCUT2D eigenvalue weighted by Crippen LogP contribution is -2.33. The summed E-state index contributed by atoms with van der Waals surface area (Å²) in [4.78, 5) is 27.9. The van der Waals surface area contributed by atoms with E-state index in [-0.39, 0.29) is 17.9 Å². The molecule has 1 heterocycles. The van der Waals surface area contributed by atoms with Gasteiger partial charge in [0.05, 0.1) is 5.56 Å². The average molecular weight is 462 g/mol. The molecule has 0 atom stereocenters. The van der Waals surface area contributed by atoms with Crippen LogP contribution in [0, 0.1) is 0 Å². The lowest BCUT2D eigenvalue weighted by molar-refractivity contribution is -0.116. The van der Waals surface area contributed by atoms with E-state index in [4.69, 9.17) is 0 Å². The fourth-order valence-electron chi connectivity index (χ4n) is 4.73. The molecule has 1 aliphatic heterocycles. The molecule has 0 spiro atoms. The molecule has 2 N–H and O–H groups in total. The molecule has 0 bridgehead atoms. The SMILES string of the molecule is CCCCCCCCCC(=O)Nc1ccc(N2CCc3ccccc3C2)c(C(=O)NC2CC2)c1. The van der Waals surface area contributed by atoms with Crippen LogP contribution < -0.4 is 15.5 Å². The van der Waals surface area contributed by atoms with Gasteiger partial charge in [0.25, 0.3) is 5.91 Å². The number of amides is 2. The van der Waals surface area contributed by atoms with Gasteiger partial charge in [-0.1, -0.05) is 69.7 Å². The van der Waals surface area contributed by atoms with E-state index < -0.39 is 0 Å². The van der Waals surface area contributed by atoms with Crippen LogP contribution in [0.15, 0.2) is 42.5 Å². The Hall–Kier alpha value is -2.82. The van der Waals surface area contributed by atoms with Crippen molar-refractivity contribution in [1.82, 2.24) is 5.32 Å². The minimum atomic E-state index is -0.0421. The predicted octanol–water partition coefficient (Wildman–Crippen LogP) is 6.22. The number of benzene rings is 2. The van der Waals surface area contributed by atoms with Crippen LogP contribution in [0.4, 0.5) is 11.4 Å². The Balaban J connectivity index is 1.39. The normalized spacial score (nSPS) is 15.0. The minimum absolute atomic E-state index is 0.0294. The van der Waals surface area contributed by atoms with Crippen molar-refractivity contribution in [1.29, 1.82) is 0 Å². The summed E-state index contributed by atoms with van der Waals surface area (Å²) in [6.45, 7) is 3.90. The third kappa shape index (κ3) is 6.85. The summed E-state index contributed by atoms with van der Waals surface area (Å²) in [6.07, 6.45) is 11.9. The molecule has 1 fully saturated rings. The fraction of sp³-hybridized carbons (Fsp3) is 0.517. The van der Waals surface area contributed by atoms with E-state index in [0.29, 0.717) is 17.7 Å². The number of carbonyl (C=O) groups excluding carboxylic acids is 2. The highest BCUT2D eigenvalue weighted by atomic mass is 16.2. The van der Waals surface area contributed by atoms with Crippen LogP contribution in [-0.4, -0.2) is 24.4 Å². The number of nitrogens with one attached hydrogen (secondary N) is 2. The maximum Gasteiger partial charge on any atom is 0.253 e. The van der Waals surface area contributed by atoms with E-state index in [1.165, 1.54) is 43.2 Å². The first kappa shape index (κ1) is 24.3. The zero-order chi connectivity index (χ0) is 23.8. The number of hydrogen-bond donors (Lipinski definition) is 2. The molecule has 4 rings (SSSR count). The van der Waals surface area contributed by atoms with Gasteiger partial charge >= 0.3 is 0 Å². The van der Waals surface area contributed by atoms with Crippen LogP contribution in [0.5, 0.6) is 0 Å². The maximum absolute atomic E-state index is 13.1. The molecule has 0 aromatic heterocycles. The fourth-order valence-corrected chi connectivity index (χ4v) is 4.73. The number of nitrogens with zero attached hydrogens (tertiary/aromatic N) is 1. The molecule has 0 saturated heterocycles. The van der Waals surface area contributed by atoms with Gasteiger partial charge in [-0.2, -0.15) is 0 Å². The molecule has 2 aromatic carbocycles. The monoisotopic (exact) mass is 461 g/mol. The van der Waals surface area contributed by atoms with E-state index in [0.717, 1.165) is 50.9 Å². The molecule has 182 valence electrons. The van der Waals surface area contributed by atoms with Crippen LogP contribution in [0.2, 0.25) is 0 Å². The van der Waals surface area contributed by atoms with Gasteiger partial charge < -0.3 is 15.5 Å². The van der Waals surface area contributed by atoms with Crippen molar-refractivity contribution < 1.29 is 9.59 Å². The lowest BCUT2D eigenvalue weighted by atomic mass is 9.98. The Kier molecular flexibility index (Phi) is 8.62. The minimum Gasteiger partial charge on any atom is -0.366 e. The molecule has 0 radical (unpaired) electrons. The van der Waals surface area contributed by atoms with Crippen LogP contribution in [0.3, 0.4) is 0 Å². The number of hydrogen-bond acceptors (Lipinski definition) is 3. The Morgan fingerprint density at radius 1 is 0.941 bits per heavy atom. The largest absolute Gasteiger partial charge is 0.366 e. The van der Waals surface area contributed by atoms with E-state index in [1.54, 1.807) is 0 Å². The van der Waals surface area contributed by atoms with Crippen LogP contribution in [-0.2, 0) is 17.8 Å². The van der Waals surface area contributed by atoms with Gasteiger partial charge in [0.15, 0.2) is 0 Å². The summed E-state index contributed by atoms with van der Waals surface area (Å²) in [5, 5.41) is 6.16. The quantitative estimate of drug-likeness (QED) is 0.369. The highest BCUT2D eigenvalue weighted by Crippen LogP contribution is 2.30. The van der Waals surface area contributed by atoms with E-state index in [1.807, 2.05) is 18.2 Å². The van der Waals surface area contributed by atoms with Crippen molar-refractivity contribution >= 4 is 23.2 Å². The van der Waals surface area contributed by atoms with Crippen LogP contribution >= 0.6 is 0 Å². The number of fused-ring (bicyclic) bond motifs is 1. The van der Waals surface area contributed by atoms with Gasteiger partial charge in [-0.05, 0) is 55.0 Å². The zero-order valence-electron chi connectivity index (χ0n) is 20.6. The van der Waals surface area contributed by atoms with Crippen molar-refractivity contribution in [3.63, 3.8) is 0 Å². The van der Waals surface area contributed by atoms with Gasteiger partial charge in [-0.25, -0.2) is 0 Å². The van der Waals surface area contributed by atoms with Gasteiger partial charge in [0, 0.05) is 36.9 Å². The van der Waals surface area contributed by atoms with Gasteiger partial charge in [0.2, 0.25) is 5.91 Å². The summed E-state index contributed by atoms with van der Waals surface area (Å²) in [6, 6.07) is 14.6. The lowest BCUT2D eigenvalue weighted by Gasteiger charge is -2.32. The average Bonchev–Trinajstić information content (AvgIpc) is 3.67. The Morgan fingerprint density at radius 2 is 1.68 bits per heavy atom. The number of unbranched alkanes of at least 4 members (excludes halogenated alkanes) is 6. The molecule has 2 aromatic rings. The van der Waals surface area contributed by atoms with E-state index in [2.05, 4.69) is 46.7 Å². The molecular weight excluding hydrogens is 422 g/mol. The second-order valence-corrected chi connectivity index (χ2v) is 9.84. The molecular formula is C29H39N3O2. The van der Waals surface area contributed by atoms with Crippen molar-refractivity contribution in [2.24, 2.45) is 0 Å². The maximum atomic E-state index is 13.1. The molecule has 34 heavy (non-hydrogen) atoms. The number of rotatable bonds is 12. The highest BCUT2D eigenvalue weighted by Gasteiger charge is 2.27. The summed E-state index contributed by atoms with van der Waals surface area (Å²) in [5.41, 5.74) is 5.00. The topological polar surface area (TPSA) is 61.4 Å². The Morgan fingerprint density at radius 3 is 2.44 bits per heavy atom. The first-order valence-electron chi connectivity index (χ1n) is 13.2. The predicted molar refractivity (Wildman–Crippen MR) is 139 cm³/mol. The molecule has 5 nitrogen and oxygen atoms in total. The number of carbonyl (C=O) groups is 2. The molecule has 0 unspecified atom stereocenters. The Labute approximate surface area is 204 Å². The summed E-state index contributed by atoms with van der Waals surface area (Å²) in [7, 11) is 0. The van der Waals surface area contributed by atoms with Crippen LogP contribution in [0.1, 0.15) is 92.6 Å². The molecule has 2 amide bonds. The van der Waals surface area contributed by atoms with Crippen molar-refractivity contribution in [2.45, 2.75) is 90.1 Å². The van der Waals surface area contributed by atoms with Crippen molar-refractivity contribution in [3.05, 3.63) is 59.2 Å². The van der Waals surface area contributed by atoms with E-state index >= 15 is 0 Å². The zero-order valence-corrected chi connectivity index (χ0v) is 20.6. The molecule has 1 aliphatic carbocycles. The molecule has 5 heteroatoms. The summed E-state index contributed by atoms with van der Waals surface area (Å²) >= 11 is 0. The van der Waals surface area contributed by atoms with Crippen molar-refractivity contribution in [3.8, 4) is 0 Å². The smallest absolute Gasteiger partial charge is 0.253 e. The first-order chi connectivity index (χ1) is 16.6. The van der Waals surface area contributed by atoms with Gasteiger partial charge in [-0.15, -0.1) is 0 Å². The van der Waals surface area contributed by atoms with Crippen LogP contribution in [0.25, 0.3) is 0 Å². The third-order valence-electron chi connectivity index (χ3n) is 6.92. The second kappa shape index (κ2) is 12.0. The Bertz CT molecular complexity index is 983.